The van der Waals surface area contributed by atoms with Crippen LogP contribution in [0.1, 0.15) is 17.7 Å². The van der Waals surface area contributed by atoms with E-state index >= 15 is 0 Å². The Morgan fingerprint density at radius 3 is 2.74 bits per heavy atom. The third-order valence-corrected chi connectivity index (χ3v) is 3.94. The van der Waals surface area contributed by atoms with Crippen molar-refractivity contribution < 1.29 is 4.74 Å². The average molecular weight is 329 g/mol. The Morgan fingerprint density at radius 2 is 1.91 bits per heavy atom. The van der Waals surface area contributed by atoms with Gasteiger partial charge in [0.1, 0.15) is 11.0 Å². The number of nitrogens with two attached hydrogens (primary N) is 1. The Bertz CT molecular complexity index is 815. The van der Waals surface area contributed by atoms with Crippen molar-refractivity contribution in [2.75, 3.05) is 12.3 Å². The van der Waals surface area contributed by atoms with Crippen LogP contribution < -0.4 is 10.5 Å². The van der Waals surface area contributed by atoms with Crippen LogP contribution in [0.15, 0.2) is 36.4 Å². The topological polar surface area (TPSA) is 73.9 Å². The maximum absolute atomic E-state index is 5.96. The number of rotatable bonds is 5. The molecule has 118 valence electrons. The summed E-state index contributed by atoms with van der Waals surface area (Å²) in [4.78, 5) is 12.8. The Morgan fingerprint density at radius 1 is 1.09 bits per heavy atom. The van der Waals surface area contributed by atoms with Crippen LogP contribution in [-0.2, 0) is 6.42 Å². The van der Waals surface area contributed by atoms with Gasteiger partial charge < -0.3 is 10.5 Å². The maximum Gasteiger partial charge on any atom is 0.319 e. The van der Waals surface area contributed by atoms with Crippen LogP contribution in [0.4, 0.5) is 5.82 Å². The molecule has 3 aromatic rings. The molecule has 0 radical (unpaired) electrons. The van der Waals surface area contributed by atoms with Crippen molar-refractivity contribution in [2.24, 2.45) is 0 Å². The van der Waals surface area contributed by atoms with Crippen LogP contribution in [0.5, 0.6) is 6.01 Å². The molecule has 1 aromatic carbocycles. The molecule has 2 heterocycles. The minimum atomic E-state index is 0.213. The monoisotopic (exact) mass is 328 g/mol. The number of pyridine rings is 1. The van der Waals surface area contributed by atoms with E-state index in [-0.39, 0.29) is 6.01 Å². The molecule has 0 saturated carbocycles. The van der Waals surface area contributed by atoms with Gasteiger partial charge in [-0.2, -0.15) is 9.97 Å². The number of fused-ring (bicyclic) bond motifs is 1. The summed E-state index contributed by atoms with van der Waals surface area (Å²) < 4.78 is 5.52. The number of benzene rings is 1. The standard InChI is InChI=1S/C17H17ClN4O/c1-11-15(18)21-17(22-16(11)19)23-10-4-6-13-9-8-12-5-2-3-7-14(12)20-13/h2-3,5,7-9H,4,6,10H2,1H3,(H2,19,21,22). The summed E-state index contributed by atoms with van der Waals surface area (Å²) >= 11 is 5.96. The molecular weight excluding hydrogens is 312 g/mol. The van der Waals surface area contributed by atoms with Crippen LogP contribution in [0.2, 0.25) is 5.15 Å². The summed E-state index contributed by atoms with van der Waals surface area (Å²) in [6, 6.07) is 12.4. The molecule has 2 N–H and O–H groups in total. The van der Waals surface area contributed by atoms with Crippen molar-refractivity contribution in [1.82, 2.24) is 15.0 Å². The third-order valence-electron chi connectivity index (χ3n) is 3.57. The predicted octanol–water partition coefficient (Wildman–Crippen LogP) is 3.58. The molecule has 0 aliphatic carbocycles. The molecular formula is C17H17ClN4O. The second kappa shape index (κ2) is 6.79. The molecule has 2 aromatic heterocycles. The Kier molecular flexibility index (Phi) is 4.57. The quantitative estimate of drug-likeness (QED) is 0.572. The molecule has 5 nitrogen and oxygen atoms in total. The van der Waals surface area contributed by atoms with Crippen molar-refractivity contribution in [3.05, 3.63) is 52.8 Å². The fraction of sp³-hybridized carbons (Fsp3) is 0.235. The average Bonchev–Trinajstić information content (AvgIpc) is 2.56. The van der Waals surface area contributed by atoms with Crippen LogP contribution in [0.3, 0.4) is 0 Å². The highest BCUT2D eigenvalue weighted by atomic mass is 35.5. The maximum atomic E-state index is 5.96. The van der Waals surface area contributed by atoms with Crippen LogP contribution in [0, 0.1) is 6.92 Å². The largest absolute Gasteiger partial charge is 0.463 e. The molecule has 6 heteroatoms. The fourth-order valence-corrected chi connectivity index (χ4v) is 2.38. The molecule has 0 fully saturated rings. The van der Waals surface area contributed by atoms with Gasteiger partial charge in [-0.05, 0) is 31.9 Å². The highest BCUT2D eigenvalue weighted by Crippen LogP contribution is 2.20. The SMILES string of the molecule is Cc1c(N)nc(OCCCc2ccc3ccccc3n2)nc1Cl. The molecule has 0 aliphatic heterocycles. The van der Waals surface area contributed by atoms with E-state index in [9.17, 15) is 0 Å². The van der Waals surface area contributed by atoms with Gasteiger partial charge in [-0.1, -0.05) is 35.9 Å². The van der Waals surface area contributed by atoms with Gasteiger partial charge in [0.2, 0.25) is 0 Å². The first-order chi connectivity index (χ1) is 11.1. The zero-order valence-corrected chi connectivity index (χ0v) is 13.5. The second-order valence-corrected chi connectivity index (χ2v) is 5.61. The molecule has 0 bridgehead atoms. The normalized spacial score (nSPS) is 10.9. The van der Waals surface area contributed by atoms with E-state index in [0.29, 0.717) is 23.1 Å². The highest BCUT2D eigenvalue weighted by Gasteiger charge is 2.07. The molecule has 3 rings (SSSR count). The number of nitrogen functional groups attached to an aromatic ring is 1. The van der Waals surface area contributed by atoms with E-state index in [2.05, 4.69) is 27.1 Å². The summed E-state index contributed by atoms with van der Waals surface area (Å²) in [5.41, 5.74) is 8.45. The van der Waals surface area contributed by atoms with Crippen molar-refractivity contribution in [2.45, 2.75) is 19.8 Å². The van der Waals surface area contributed by atoms with Crippen molar-refractivity contribution in [3.63, 3.8) is 0 Å². The van der Waals surface area contributed by atoms with Gasteiger partial charge in [0.05, 0.1) is 12.1 Å². The molecule has 0 spiro atoms. The number of hydrogen-bond acceptors (Lipinski definition) is 5. The fourth-order valence-electron chi connectivity index (χ4n) is 2.21. The first-order valence-corrected chi connectivity index (χ1v) is 7.78. The van der Waals surface area contributed by atoms with E-state index in [0.717, 1.165) is 29.4 Å². The number of ether oxygens (including phenoxy) is 1. The van der Waals surface area contributed by atoms with Gasteiger partial charge in [-0.3, -0.25) is 4.98 Å². The number of hydrogen-bond donors (Lipinski definition) is 1. The molecule has 0 aliphatic rings. The number of nitrogens with zero attached hydrogens (tertiary/aromatic N) is 3. The molecule has 0 atom stereocenters. The number of para-hydroxylation sites is 1. The molecule has 0 unspecified atom stereocenters. The molecule has 0 amide bonds. The van der Waals surface area contributed by atoms with E-state index in [1.807, 2.05) is 24.3 Å². The smallest absolute Gasteiger partial charge is 0.319 e. The lowest BCUT2D eigenvalue weighted by atomic mass is 10.1. The number of aryl methyl sites for hydroxylation is 1. The van der Waals surface area contributed by atoms with Gasteiger partial charge >= 0.3 is 6.01 Å². The van der Waals surface area contributed by atoms with Crippen LogP contribution in [-0.4, -0.2) is 21.6 Å². The van der Waals surface area contributed by atoms with Gasteiger partial charge in [0.25, 0.3) is 0 Å². The summed E-state index contributed by atoms with van der Waals surface area (Å²) in [5, 5.41) is 1.47. The van der Waals surface area contributed by atoms with Crippen molar-refractivity contribution in [3.8, 4) is 6.01 Å². The first-order valence-electron chi connectivity index (χ1n) is 7.40. The summed E-state index contributed by atoms with van der Waals surface area (Å²) in [6.45, 7) is 2.25. The van der Waals surface area contributed by atoms with Gasteiger partial charge in [0, 0.05) is 16.6 Å². The zero-order chi connectivity index (χ0) is 16.2. The highest BCUT2D eigenvalue weighted by molar-refractivity contribution is 6.30. The number of aromatic nitrogens is 3. The Balaban J connectivity index is 1.56. The summed E-state index contributed by atoms with van der Waals surface area (Å²) in [6.07, 6.45) is 1.63. The van der Waals surface area contributed by atoms with Gasteiger partial charge in [-0.15, -0.1) is 0 Å². The van der Waals surface area contributed by atoms with Crippen molar-refractivity contribution in [1.29, 1.82) is 0 Å². The van der Waals surface area contributed by atoms with E-state index in [1.54, 1.807) is 6.92 Å². The van der Waals surface area contributed by atoms with E-state index < -0.39 is 0 Å². The van der Waals surface area contributed by atoms with Crippen LogP contribution in [0.25, 0.3) is 10.9 Å². The molecule has 0 saturated heterocycles. The van der Waals surface area contributed by atoms with Crippen LogP contribution >= 0.6 is 11.6 Å². The Labute approximate surface area is 139 Å². The second-order valence-electron chi connectivity index (χ2n) is 5.25. The number of halogens is 1. The number of anilines is 1. The summed E-state index contributed by atoms with van der Waals surface area (Å²) in [7, 11) is 0. The van der Waals surface area contributed by atoms with Gasteiger partial charge in [0.15, 0.2) is 0 Å². The summed E-state index contributed by atoms with van der Waals surface area (Å²) in [5.74, 6) is 0.344. The van der Waals surface area contributed by atoms with Gasteiger partial charge in [-0.25, -0.2) is 0 Å². The zero-order valence-electron chi connectivity index (χ0n) is 12.8. The third kappa shape index (κ3) is 3.68. The first kappa shape index (κ1) is 15.5. The lowest BCUT2D eigenvalue weighted by molar-refractivity contribution is 0.286. The lowest BCUT2D eigenvalue weighted by Gasteiger charge is -2.07. The van der Waals surface area contributed by atoms with Crippen molar-refractivity contribution >= 4 is 28.3 Å². The lowest BCUT2D eigenvalue weighted by Crippen LogP contribution is -2.06. The molecule has 23 heavy (non-hydrogen) atoms. The van der Waals surface area contributed by atoms with E-state index in [1.165, 1.54) is 0 Å². The van der Waals surface area contributed by atoms with E-state index in [4.69, 9.17) is 22.1 Å². The minimum Gasteiger partial charge on any atom is -0.463 e. The predicted molar refractivity (Wildman–Crippen MR) is 91.8 cm³/mol. The Hall–Kier alpha value is -2.40. The minimum absolute atomic E-state index is 0.213.